The van der Waals surface area contributed by atoms with E-state index in [0.717, 1.165) is 11.1 Å². The minimum Gasteiger partial charge on any atom is -0.489 e. The monoisotopic (exact) mass is 350 g/mol. The van der Waals surface area contributed by atoms with E-state index >= 15 is 0 Å². The predicted molar refractivity (Wildman–Crippen MR) is 98.4 cm³/mol. The number of benzene rings is 2. The fraction of sp³-hybridized carbons (Fsp3) is 0.143. The number of pyridine rings is 1. The Kier molecular flexibility index (Phi) is 5.93. The first-order valence-electron chi connectivity index (χ1n) is 8.35. The smallest absolute Gasteiger partial charge is 0.224 e. The Morgan fingerprint density at radius 3 is 2.62 bits per heavy atom. The van der Waals surface area contributed by atoms with Crippen LogP contribution in [0.1, 0.15) is 17.5 Å². The highest BCUT2D eigenvalue weighted by atomic mass is 19.1. The van der Waals surface area contributed by atoms with E-state index < -0.39 is 0 Å². The fourth-order valence-electron chi connectivity index (χ4n) is 2.49. The summed E-state index contributed by atoms with van der Waals surface area (Å²) in [6.07, 6.45) is 4.50. The molecule has 0 atom stereocenters. The predicted octanol–water partition coefficient (Wildman–Crippen LogP) is 4.37. The van der Waals surface area contributed by atoms with Crippen LogP contribution in [0.15, 0.2) is 73.1 Å². The Balaban J connectivity index is 1.52. The molecular formula is C21H19FN2O2. The number of rotatable bonds is 7. The van der Waals surface area contributed by atoms with Crippen molar-refractivity contribution >= 4 is 11.6 Å². The van der Waals surface area contributed by atoms with Gasteiger partial charge in [0.05, 0.1) is 0 Å². The molecule has 0 saturated heterocycles. The Hall–Kier alpha value is -3.21. The van der Waals surface area contributed by atoms with Crippen LogP contribution in [-0.4, -0.2) is 10.9 Å². The zero-order valence-corrected chi connectivity index (χ0v) is 14.2. The number of anilines is 1. The van der Waals surface area contributed by atoms with E-state index in [1.54, 1.807) is 24.5 Å². The third kappa shape index (κ3) is 5.41. The summed E-state index contributed by atoms with van der Waals surface area (Å²) in [5.41, 5.74) is 2.68. The zero-order valence-electron chi connectivity index (χ0n) is 14.2. The molecule has 0 aliphatic rings. The van der Waals surface area contributed by atoms with Crippen molar-refractivity contribution in [3.05, 3.63) is 90.0 Å². The van der Waals surface area contributed by atoms with Crippen molar-refractivity contribution in [3.8, 4) is 5.75 Å². The third-order valence-electron chi connectivity index (χ3n) is 3.80. The van der Waals surface area contributed by atoms with Gasteiger partial charge in [-0.05, 0) is 53.9 Å². The van der Waals surface area contributed by atoms with Gasteiger partial charge >= 0.3 is 0 Å². The van der Waals surface area contributed by atoms with Crippen molar-refractivity contribution in [3.63, 3.8) is 0 Å². The number of carbonyl (C=O) groups excluding carboxylic acids is 1. The van der Waals surface area contributed by atoms with Crippen LogP contribution in [-0.2, 0) is 17.8 Å². The molecule has 1 N–H and O–H groups in total. The molecule has 26 heavy (non-hydrogen) atoms. The van der Waals surface area contributed by atoms with Crippen LogP contribution in [0.4, 0.5) is 10.1 Å². The largest absolute Gasteiger partial charge is 0.489 e. The average Bonchev–Trinajstić information content (AvgIpc) is 2.66. The van der Waals surface area contributed by atoms with Gasteiger partial charge in [0, 0.05) is 30.6 Å². The standard InChI is InChI=1S/C21H19FN2O2/c22-18-4-2-6-20(14-18)26-15-17-3-1-5-19(13-17)24-21(25)8-7-16-9-11-23-12-10-16/h1-6,9-14H,7-8,15H2,(H,24,25). The molecule has 1 heterocycles. The SMILES string of the molecule is O=C(CCc1ccncc1)Nc1cccc(COc2cccc(F)c2)c1. The number of nitrogens with zero attached hydrogens (tertiary/aromatic N) is 1. The quantitative estimate of drug-likeness (QED) is 0.688. The lowest BCUT2D eigenvalue weighted by atomic mass is 10.1. The maximum atomic E-state index is 13.2. The number of halogens is 1. The Morgan fingerprint density at radius 1 is 1.00 bits per heavy atom. The number of hydrogen-bond acceptors (Lipinski definition) is 3. The minimum atomic E-state index is -0.335. The summed E-state index contributed by atoms with van der Waals surface area (Å²) in [7, 11) is 0. The second-order valence-electron chi connectivity index (χ2n) is 5.85. The number of carbonyl (C=O) groups is 1. The summed E-state index contributed by atoms with van der Waals surface area (Å²) in [6, 6.07) is 17.2. The van der Waals surface area contributed by atoms with Gasteiger partial charge in [0.25, 0.3) is 0 Å². The van der Waals surface area contributed by atoms with Gasteiger partial charge in [-0.15, -0.1) is 0 Å². The molecule has 0 unspecified atom stereocenters. The maximum absolute atomic E-state index is 13.2. The first kappa shape index (κ1) is 17.6. The molecule has 3 aromatic rings. The Labute approximate surface area is 151 Å². The molecule has 132 valence electrons. The molecule has 0 bridgehead atoms. The molecule has 5 heteroatoms. The van der Waals surface area contributed by atoms with Crippen molar-refractivity contribution in [2.45, 2.75) is 19.4 Å². The van der Waals surface area contributed by atoms with Crippen LogP contribution in [0, 0.1) is 5.82 Å². The van der Waals surface area contributed by atoms with Gasteiger partial charge < -0.3 is 10.1 Å². The van der Waals surface area contributed by atoms with E-state index in [1.165, 1.54) is 12.1 Å². The Morgan fingerprint density at radius 2 is 1.81 bits per heavy atom. The lowest BCUT2D eigenvalue weighted by molar-refractivity contribution is -0.116. The second-order valence-corrected chi connectivity index (χ2v) is 5.85. The first-order chi connectivity index (χ1) is 12.7. The van der Waals surface area contributed by atoms with Gasteiger partial charge in [-0.25, -0.2) is 4.39 Å². The molecule has 1 amide bonds. The van der Waals surface area contributed by atoms with Crippen LogP contribution in [0.2, 0.25) is 0 Å². The number of ether oxygens (including phenoxy) is 1. The molecule has 0 radical (unpaired) electrons. The summed E-state index contributed by atoms with van der Waals surface area (Å²) in [6.45, 7) is 0.296. The molecule has 4 nitrogen and oxygen atoms in total. The van der Waals surface area contributed by atoms with Gasteiger partial charge in [-0.2, -0.15) is 0 Å². The molecule has 0 spiro atoms. The number of hydrogen-bond donors (Lipinski definition) is 1. The molecular weight excluding hydrogens is 331 g/mol. The summed E-state index contributed by atoms with van der Waals surface area (Å²) < 4.78 is 18.7. The lowest BCUT2D eigenvalue weighted by Gasteiger charge is -2.09. The molecule has 0 aliphatic heterocycles. The average molecular weight is 350 g/mol. The van der Waals surface area contributed by atoms with E-state index in [4.69, 9.17) is 4.74 Å². The van der Waals surface area contributed by atoms with Crippen LogP contribution in [0.5, 0.6) is 5.75 Å². The third-order valence-corrected chi connectivity index (χ3v) is 3.80. The molecule has 1 aromatic heterocycles. The van der Waals surface area contributed by atoms with Crippen LogP contribution < -0.4 is 10.1 Å². The van der Waals surface area contributed by atoms with Gasteiger partial charge in [0.1, 0.15) is 18.2 Å². The van der Waals surface area contributed by atoms with Crippen molar-refractivity contribution in [2.75, 3.05) is 5.32 Å². The topological polar surface area (TPSA) is 51.2 Å². The van der Waals surface area contributed by atoms with Gasteiger partial charge in [-0.3, -0.25) is 9.78 Å². The van der Waals surface area contributed by atoms with Gasteiger partial charge in [-0.1, -0.05) is 18.2 Å². The van der Waals surface area contributed by atoms with Crippen molar-refractivity contribution in [2.24, 2.45) is 0 Å². The lowest BCUT2D eigenvalue weighted by Crippen LogP contribution is -2.12. The van der Waals surface area contributed by atoms with Crippen molar-refractivity contribution in [1.29, 1.82) is 0 Å². The van der Waals surface area contributed by atoms with Gasteiger partial charge in [0.2, 0.25) is 5.91 Å². The highest BCUT2D eigenvalue weighted by Gasteiger charge is 2.05. The van der Waals surface area contributed by atoms with Crippen molar-refractivity contribution in [1.82, 2.24) is 4.98 Å². The zero-order chi connectivity index (χ0) is 18.2. The van der Waals surface area contributed by atoms with Crippen molar-refractivity contribution < 1.29 is 13.9 Å². The summed E-state index contributed by atoms with van der Waals surface area (Å²) in [4.78, 5) is 16.1. The normalized spacial score (nSPS) is 10.3. The number of nitrogens with one attached hydrogen (secondary N) is 1. The Bertz CT molecular complexity index is 869. The van der Waals surface area contributed by atoms with Crippen LogP contribution in [0.25, 0.3) is 0 Å². The highest BCUT2D eigenvalue weighted by Crippen LogP contribution is 2.16. The molecule has 0 saturated carbocycles. The number of aryl methyl sites for hydroxylation is 1. The van der Waals surface area contributed by atoms with Crippen LogP contribution in [0.3, 0.4) is 0 Å². The van der Waals surface area contributed by atoms with E-state index in [2.05, 4.69) is 10.3 Å². The molecule has 0 aliphatic carbocycles. The minimum absolute atomic E-state index is 0.0509. The van der Waals surface area contributed by atoms with E-state index in [0.29, 0.717) is 30.9 Å². The van der Waals surface area contributed by atoms with E-state index in [-0.39, 0.29) is 11.7 Å². The fourth-order valence-corrected chi connectivity index (χ4v) is 2.49. The second kappa shape index (κ2) is 8.76. The summed E-state index contributed by atoms with van der Waals surface area (Å²) in [5, 5.41) is 2.89. The molecule has 0 fully saturated rings. The number of aromatic nitrogens is 1. The van der Waals surface area contributed by atoms with Crippen LogP contribution >= 0.6 is 0 Å². The van der Waals surface area contributed by atoms with Gasteiger partial charge in [0.15, 0.2) is 0 Å². The number of amides is 1. The first-order valence-corrected chi connectivity index (χ1v) is 8.35. The summed E-state index contributed by atoms with van der Waals surface area (Å²) in [5.74, 6) is 0.0829. The maximum Gasteiger partial charge on any atom is 0.224 e. The van der Waals surface area contributed by atoms with E-state index in [9.17, 15) is 9.18 Å². The van der Waals surface area contributed by atoms with E-state index in [1.807, 2.05) is 36.4 Å². The molecule has 2 aromatic carbocycles. The summed E-state index contributed by atoms with van der Waals surface area (Å²) >= 11 is 0. The highest BCUT2D eigenvalue weighted by molar-refractivity contribution is 5.90. The molecule has 3 rings (SSSR count).